The van der Waals surface area contributed by atoms with Crippen molar-refractivity contribution in [3.05, 3.63) is 35.4 Å². The second-order valence-corrected chi connectivity index (χ2v) is 9.12. The molecule has 0 N–H and O–H groups in total. The Kier molecular flexibility index (Phi) is 4.25. The molecule has 1 saturated carbocycles. The van der Waals surface area contributed by atoms with Crippen LogP contribution in [0.2, 0.25) is 0 Å². The van der Waals surface area contributed by atoms with Gasteiger partial charge >= 0.3 is 113 Å². The molecule has 2 rings (SSSR count). The Morgan fingerprint density at radius 1 is 1.05 bits per heavy atom. The van der Waals surface area contributed by atoms with Gasteiger partial charge in [0.1, 0.15) is 0 Å². The van der Waals surface area contributed by atoms with Crippen LogP contribution in [0.15, 0.2) is 24.3 Å². The van der Waals surface area contributed by atoms with Crippen LogP contribution < -0.4 is 0 Å². The first-order chi connectivity index (χ1) is 8.80. The SMILES string of the molecule is CP(F)(F)(F)CCCc1ccc(C2CCCC2)cc1. The summed E-state index contributed by atoms with van der Waals surface area (Å²) in [5.74, 6) is 0.676. The number of aryl methyl sites for hydroxylation is 1. The van der Waals surface area contributed by atoms with Crippen molar-refractivity contribution < 1.29 is 12.6 Å². The van der Waals surface area contributed by atoms with Crippen LogP contribution in [0.4, 0.5) is 12.6 Å². The summed E-state index contributed by atoms with van der Waals surface area (Å²) in [7, 11) is -5.80. The van der Waals surface area contributed by atoms with Gasteiger partial charge in [0.25, 0.3) is 0 Å². The summed E-state index contributed by atoms with van der Waals surface area (Å²) in [5.41, 5.74) is 2.39. The van der Waals surface area contributed by atoms with Crippen molar-refractivity contribution in [2.24, 2.45) is 0 Å². The predicted octanol–water partition coefficient (Wildman–Crippen LogP) is 6.11. The molecule has 1 aliphatic carbocycles. The van der Waals surface area contributed by atoms with Crippen LogP contribution in [0.25, 0.3) is 0 Å². The van der Waals surface area contributed by atoms with Crippen molar-refractivity contribution in [3.8, 4) is 0 Å². The normalized spacial score (nSPS) is 19.3. The second kappa shape index (κ2) is 5.44. The first kappa shape index (κ1) is 14.8. The molecule has 0 heterocycles. The van der Waals surface area contributed by atoms with Gasteiger partial charge in [-0.2, -0.15) is 0 Å². The Morgan fingerprint density at radius 2 is 1.63 bits per heavy atom. The van der Waals surface area contributed by atoms with Crippen LogP contribution in [-0.2, 0) is 6.42 Å². The number of benzene rings is 1. The first-order valence-electron chi connectivity index (χ1n) is 7.05. The number of rotatable bonds is 5. The molecule has 0 saturated heterocycles. The molecule has 1 aromatic carbocycles. The summed E-state index contributed by atoms with van der Waals surface area (Å²) < 4.78 is 38.5. The molecule has 0 bridgehead atoms. The van der Waals surface area contributed by atoms with Gasteiger partial charge < -0.3 is 0 Å². The van der Waals surface area contributed by atoms with Gasteiger partial charge in [0.05, 0.1) is 0 Å². The zero-order valence-corrected chi connectivity index (χ0v) is 12.3. The molecule has 0 atom stereocenters. The minimum atomic E-state index is -5.80. The molecule has 0 aliphatic heterocycles. The van der Waals surface area contributed by atoms with E-state index in [2.05, 4.69) is 12.1 Å². The summed E-state index contributed by atoms with van der Waals surface area (Å²) in [5, 5.41) is 0. The average Bonchev–Trinajstić information content (AvgIpc) is 2.81. The standard InChI is InChI=1S/C15H22F3P/c1-19(16,17,18)12-4-5-13-8-10-15(11-9-13)14-6-2-3-7-14/h8-11,14H,2-7,12H2,1H3. The van der Waals surface area contributed by atoms with Crippen molar-refractivity contribution in [1.29, 1.82) is 0 Å². The Balaban J connectivity index is 1.85. The first-order valence-corrected chi connectivity index (χ1v) is 9.59. The van der Waals surface area contributed by atoms with E-state index >= 15 is 0 Å². The van der Waals surface area contributed by atoms with Gasteiger partial charge in [-0.3, -0.25) is 0 Å². The molecule has 0 aromatic heterocycles. The minimum absolute atomic E-state index is 0.223. The molecule has 19 heavy (non-hydrogen) atoms. The fourth-order valence-electron chi connectivity index (χ4n) is 2.84. The number of halogens is 3. The zero-order chi connectivity index (χ0) is 14.0. The van der Waals surface area contributed by atoms with E-state index in [4.69, 9.17) is 0 Å². The zero-order valence-electron chi connectivity index (χ0n) is 11.4. The molecule has 0 amide bonds. The third-order valence-electron chi connectivity index (χ3n) is 3.91. The van der Waals surface area contributed by atoms with Gasteiger partial charge in [-0.05, 0) is 0 Å². The molecule has 0 unspecified atom stereocenters. The quantitative estimate of drug-likeness (QED) is 0.574. The van der Waals surface area contributed by atoms with Gasteiger partial charge in [-0.25, -0.2) is 0 Å². The summed E-state index contributed by atoms with van der Waals surface area (Å²) >= 11 is 0. The number of hydrogen-bond donors (Lipinski definition) is 0. The van der Waals surface area contributed by atoms with Gasteiger partial charge in [0, 0.05) is 0 Å². The maximum absolute atomic E-state index is 12.8. The van der Waals surface area contributed by atoms with Crippen LogP contribution in [0.1, 0.15) is 49.1 Å². The molecule has 108 valence electrons. The van der Waals surface area contributed by atoms with Crippen LogP contribution >= 0.6 is 7.54 Å². The molecule has 0 spiro atoms. The van der Waals surface area contributed by atoms with E-state index in [0.29, 0.717) is 19.0 Å². The fourth-order valence-corrected chi connectivity index (χ4v) is 3.67. The van der Waals surface area contributed by atoms with Crippen molar-refractivity contribution in [2.75, 3.05) is 12.8 Å². The number of hydrogen-bond acceptors (Lipinski definition) is 0. The van der Waals surface area contributed by atoms with E-state index in [1.807, 2.05) is 12.1 Å². The molecule has 1 fully saturated rings. The molecule has 4 heteroatoms. The molecule has 1 aromatic rings. The van der Waals surface area contributed by atoms with Gasteiger partial charge in [-0.15, -0.1) is 0 Å². The summed E-state index contributed by atoms with van der Waals surface area (Å²) in [6, 6.07) is 8.23. The van der Waals surface area contributed by atoms with E-state index < -0.39 is 13.7 Å². The molecule has 0 nitrogen and oxygen atoms in total. The Hall–Kier alpha value is -0.560. The summed E-state index contributed by atoms with van der Waals surface area (Å²) in [6.07, 6.45) is 5.30. The van der Waals surface area contributed by atoms with Crippen LogP contribution in [-0.4, -0.2) is 12.8 Å². The monoisotopic (exact) mass is 290 g/mol. The van der Waals surface area contributed by atoms with E-state index in [1.54, 1.807) is 0 Å². The molecular weight excluding hydrogens is 268 g/mol. The predicted molar refractivity (Wildman–Crippen MR) is 77.0 cm³/mol. The van der Waals surface area contributed by atoms with Crippen LogP contribution in [0.3, 0.4) is 0 Å². The Labute approximate surface area is 113 Å². The van der Waals surface area contributed by atoms with Gasteiger partial charge in [0.15, 0.2) is 0 Å². The molecule has 0 radical (unpaired) electrons. The van der Waals surface area contributed by atoms with Crippen molar-refractivity contribution in [2.45, 2.75) is 44.4 Å². The van der Waals surface area contributed by atoms with Gasteiger partial charge in [0.2, 0.25) is 0 Å². The van der Waals surface area contributed by atoms with Crippen LogP contribution in [0.5, 0.6) is 0 Å². The van der Waals surface area contributed by atoms with Gasteiger partial charge in [-0.1, -0.05) is 0 Å². The summed E-state index contributed by atoms with van der Waals surface area (Å²) in [6.45, 7) is 0.481. The second-order valence-electron chi connectivity index (χ2n) is 5.92. The summed E-state index contributed by atoms with van der Waals surface area (Å²) in [4.78, 5) is 0. The molecular formula is C15H22F3P. The Bertz CT molecular complexity index is 404. The van der Waals surface area contributed by atoms with E-state index in [1.165, 1.54) is 31.2 Å². The van der Waals surface area contributed by atoms with Crippen molar-refractivity contribution >= 4 is 7.54 Å². The van der Waals surface area contributed by atoms with Crippen molar-refractivity contribution in [3.63, 3.8) is 0 Å². The van der Waals surface area contributed by atoms with E-state index in [-0.39, 0.29) is 6.42 Å². The third kappa shape index (κ3) is 5.14. The third-order valence-corrected chi connectivity index (χ3v) is 5.18. The molecule has 1 aliphatic rings. The van der Waals surface area contributed by atoms with E-state index in [0.717, 1.165) is 5.56 Å². The van der Waals surface area contributed by atoms with Crippen LogP contribution in [0, 0.1) is 0 Å². The average molecular weight is 290 g/mol. The van der Waals surface area contributed by atoms with Crippen molar-refractivity contribution in [1.82, 2.24) is 0 Å². The maximum atomic E-state index is 12.8. The topological polar surface area (TPSA) is 0 Å². The Morgan fingerprint density at radius 3 is 2.16 bits per heavy atom. The fraction of sp³-hybridized carbons (Fsp3) is 0.600. The van der Waals surface area contributed by atoms with E-state index in [9.17, 15) is 12.6 Å².